The quantitative estimate of drug-likeness (QED) is 0.786. The van der Waals surface area contributed by atoms with Gasteiger partial charge in [0.15, 0.2) is 0 Å². The van der Waals surface area contributed by atoms with Gasteiger partial charge in [-0.15, -0.1) is 0 Å². The summed E-state index contributed by atoms with van der Waals surface area (Å²) < 4.78 is 0.242. The lowest BCUT2D eigenvalue weighted by atomic mass is 10.1. The minimum atomic E-state index is -0.164. The molecule has 0 aromatic heterocycles. The van der Waals surface area contributed by atoms with Gasteiger partial charge in [-0.05, 0) is 19.1 Å². The smallest absolute Gasteiger partial charge is 0.225 e. The fraction of sp³-hybridized carbons (Fsp3) is 0.833. The Morgan fingerprint density at radius 3 is 2.76 bits per heavy atom. The maximum Gasteiger partial charge on any atom is 0.225 e. The van der Waals surface area contributed by atoms with E-state index in [0.717, 1.165) is 6.54 Å². The van der Waals surface area contributed by atoms with Gasteiger partial charge in [0, 0.05) is 24.3 Å². The van der Waals surface area contributed by atoms with E-state index in [1.54, 1.807) is 0 Å². The van der Waals surface area contributed by atoms with Gasteiger partial charge < -0.3 is 10.6 Å². The summed E-state index contributed by atoms with van der Waals surface area (Å²) in [7, 11) is 0. The summed E-state index contributed by atoms with van der Waals surface area (Å²) >= 11 is 1.87. The molecule has 1 unspecified atom stereocenters. The summed E-state index contributed by atoms with van der Waals surface area (Å²) in [6.45, 7) is 1.24. The Labute approximate surface area is 106 Å². The van der Waals surface area contributed by atoms with Crippen LogP contribution in [0.4, 0.5) is 0 Å². The van der Waals surface area contributed by atoms with E-state index in [1.165, 1.54) is 25.7 Å². The first kappa shape index (κ1) is 12.7. The van der Waals surface area contributed by atoms with Gasteiger partial charge in [-0.1, -0.05) is 12.8 Å². The molecule has 1 aliphatic carbocycles. The average molecular weight is 256 g/mol. The molecule has 1 heterocycles. The second kappa shape index (κ2) is 5.29. The van der Waals surface area contributed by atoms with Crippen LogP contribution in [0.25, 0.3) is 0 Å². The summed E-state index contributed by atoms with van der Waals surface area (Å²) in [6.07, 6.45) is 7.38. The van der Waals surface area contributed by atoms with E-state index in [0.29, 0.717) is 13.0 Å². The van der Waals surface area contributed by atoms with Crippen LogP contribution in [0.3, 0.4) is 0 Å². The van der Waals surface area contributed by atoms with Crippen LogP contribution in [0.15, 0.2) is 0 Å². The molecule has 2 N–H and O–H groups in total. The number of nitrogens with one attached hydrogen (secondary N) is 2. The third-order valence-electron chi connectivity index (χ3n) is 3.88. The second-order valence-electron chi connectivity index (χ2n) is 5.02. The van der Waals surface area contributed by atoms with Crippen LogP contribution in [0, 0.1) is 5.92 Å². The minimum Gasteiger partial charge on any atom is -0.355 e. The molecule has 1 aliphatic heterocycles. The Morgan fingerprint density at radius 2 is 2.24 bits per heavy atom. The van der Waals surface area contributed by atoms with Crippen molar-refractivity contribution >= 4 is 23.6 Å². The van der Waals surface area contributed by atoms with E-state index in [1.807, 2.05) is 11.8 Å². The van der Waals surface area contributed by atoms with Gasteiger partial charge in [0.25, 0.3) is 0 Å². The monoisotopic (exact) mass is 256 g/mol. The average Bonchev–Trinajstić information content (AvgIpc) is 2.95. The Kier molecular flexibility index (Phi) is 3.97. The molecule has 4 nitrogen and oxygen atoms in total. The largest absolute Gasteiger partial charge is 0.355 e. The predicted molar refractivity (Wildman–Crippen MR) is 68.8 cm³/mol. The first-order valence-electron chi connectivity index (χ1n) is 6.25. The van der Waals surface area contributed by atoms with Crippen molar-refractivity contribution in [2.24, 2.45) is 5.92 Å². The number of hydrogen-bond acceptors (Lipinski definition) is 3. The summed E-state index contributed by atoms with van der Waals surface area (Å²) in [5.41, 5.74) is 0. The third-order valence-corrected chi connectivity index (χ3v) is 5.30. The predicted octanol–water partition coefficient (Wildman–Crippen LogP) is 0.914. The molecule has 0 aromatic carbocycles. The molecule has 17 heavy (non-hydrogen) atoms. The van der Waals surface area contributed by atoms with Crippen molar-refractivity contribution in [1.29, 1.82) is 0 Å². The molecular weight excluding hydrogens is 236 g/mol. The highest BCUT2D eigenvalue weighted by atomic mass is 32.2. The number of amides is 2. The van der Waals surface area contributed by atoms with Crippen molar-refractivity contribution in [1.82, 2.24) is 10.6 Å². The number of carbonyl (C=O) groups excluding carboxylic acids is 2. The van der Waals surface area contributed by atoms with Gasteiger partial charge in [0.2, 0.25) is 11.8 Å². The zero-order chi connectivity index (χ0) is 12.3. The molecule has 2 rings (SSSR count). The summed E-state index contributed by atoms with van der Waals surface area (Å²) in [4.78, 5) is 22.9. The van der Waals surface area contributed by atoms with E-state index in [4.69, 9.17) is 0 Å². The maximum absolute atomic E-state index is 11.9. The van der Waals surface area contributed by atoms with E-state index < -0.39 is 0 Å². The molecule has 1 saturated heterocycles. The van der Waals surface area contributed by atoms with E-state index >= 15 is 0 Å². The molecule has 2 aliphatic rings. The zero-order valence-electron chi connectivity index (χ0n) is 10.3. The third kappa shape index (κ3) is 2.94. The lowest BCUT2D eigenvalue weighted by molar-refractivity contribution is -0.126. The fourth-order valence-electron chi connectivity index (χ4n) is 2.66. The molecule has 0 spiro atoms. The first-order valence-corrected chi connectivity index (χ1v) is 7.47. The van der Waals surface area contributed by atoms with Gasteiger partial charge in [-0.2, -0.15) is 11.8 Å². The van der Waals surface area contributed by atoms with Crippen molar-refractivity contribution < 1.29 is 9.59 Å². The van der Waals surface area contributed by atoms with Crippen molar-refractivity contribution in [3.63, 3.8) is 0 Å². The van der Waals surface area contributed by atoms with Gasteiger partial charge in [-0.3, -0.25) is 9.59 Å². The lowest BCUT2D eigenvalue weighted by Gasteiger charge is -2.27. The molecule has 5 heteroatoms. The van der Waals surface area contributed by atoms with Crippen LogP contribution in [-0.4, -0.2) is 35.9 Å². The van der Waals surface area contributed by atoms with Gasteiger partial charge >= 0.3 is 0 Å². The van der Waals surface area contributed by atoms with Crippen LogP contribution in [-0.2, 0) is 9.59 Å². The van der Waals surface area contributed by atoms with Crippen LogP contribution < -0.4 is 10.6 Å². The Hall–Kier alpha value is -0.710. The van der Waals surface area contributed by atoms with Crippen LogP contribution in [0.2, 0.25) is 0 Å². The van der Waals surface area contributed by atoms with Crippen LogP contribution in [0.1, 0.15) is 32.1 Å². The van der Waals surface area contributed by atoms with Crippen molar-refractivity contribution in [2.45, 2.75) is 36.9 Å². The highest BCUT2D eigenvalue weighted by molar-refractivity contribution is 8.00. The zero-order valence-corrected chi connectivity index (χ0v) is 11.1. The standard InChI is InChI=1S/C12H20N2O2S/c1-17-12(4-2-3-5-12)8-14-11(16)9-6-10(15)13-7-9/h9H,2-8H2,1H3,(H,13,15)(H,14,16). The number of carbonyl (C=O) groups is 2. The molecule has 0 radical (unpaired) electrons. The topological polar surface area (TPSA) is 58.2 Å². The number of hydrogen-bond donors (Lipinski definition) is 2. The lowest BCUT2D eigenvalue weighted by Crippen LogP contribution is -2.41. The first-order chi connectivity index (χ1) is 8.15. The van der Waals surface area contributed by atoms with Crippen LogP contribution >= 0.6 is 11.8 Å². The number of rotatable bonds is 4. The van der Waals surface area contributed by atoms with E-state index in [-0.39, 0.29) is 22.5 Å². The molecule has 2 fully saturated rings. The van der Waals surface area contributed by atoms with E-state index in [9.17, 15) is 9.59 Å². The molecule has 2 amide bonds. The van der Waals surface area contributed by atoms with Crippen molar-refractivity contribution in [3.05, 3.63) is 0 Å². The Bertz CT molecular complexity index is 314. The Balaban J connectivity index is 1.81. The van der Waals surface area contributed by atoms with Crippen molar-refractivity contribution in [3.8, 4) is 0 Å². The summed E-state index contributed by atoms with van der Waals surface area (Å²) in [5.74, 6) is -0.142. The molecular formula is C12H20N2O2S. The normalized spacial score (nSPS) is 26.9. The summed E-state index contributed by atoms with van der Waals surface area (Å²) in [5, 5.41) is 5.72. The van der Waals surface area contributed by atoms with Gasteiger partial charge in [0.1, 0.15) is 0 Å². The highest BCUT2D eigenvalue weighted by Gasteiger charge is 2.35. The van der Waals surface area contributed by atoms with Crippen LogP contribution in [0.5, 0.6) is 0 Å². The maximum atomic E-state index is 11.9. The summed E-state index contributed by atoms with van der Waals surface area (Å²) in [6, 6.07) is 0. The van der Waals surface area contributed by atoms with E-state index in [2.05, 4.69) is 16.9 Å². The minimum absolute atomic E-state index is 0.00871. The molecule has 1 atom stereocenters. The molecule has 0 aromatic rings. The molecule has 0 bridgehead atoms. The fourth-order valence-corrected chi connectivity index (χ4v) is 3.57. The van der Waals surface area contributed by atoms with Crippen molar-refractivity contribution in [2.75, 3.05) is 19.3 Å². The number of thioether (sulfide) groups is 1. The van der Waals surface area contributed by atoms with Gasteiger partial charge in [0.05, 0.1) is 5.92 Å². The second-order valence-corrected chi connectivity index (χ2v) is 6.29. The highest BCUT2D eigenvalue weighted by Crippen LogP contribution is 2.39. The SMILES string of the molecule is CSC1(CNC(=O)C2CNC(=O)C2)CCCC1. The molecule has 1 saturated carbocycles. The molecule has 96 valence electrons. The Morgan fingerprint density at radius 1 is 1.53 bits per heavy atom. The van der Waals surface area contributed by atoms with Gasteiger partial charge in [-0.25, -0.2) is 0 Å².